The second-order valence-corrected chi connectivity index (χ2v) is 5.72. The number of allylic oxidation sites excluding steroid dienone is 1. The minimum absolute atomic E-state index is 0.00670. The summed E-state index contributed by atoms with van der Waals surface area (Å²) < 4.78 is 5.29. The monoisotopic (exact) mass is 322 g/mol. The standard InChI is InChI=1S/C20H22N2O2/c1-24-20-5-3-2-4-17(20)8-11-19(23)16-6-9-18(10-7-16)22-14-12-21-13-15-22/h2-11,21H,12-15H2,1H3/b11-8+. The third-order valence-electron chi connectivity index (χ3n) is 4.19. The molecular weight excluding hydrogens is 300 g/mol. The van der Waals surface area contributed by atoms with Gasteiger partial charge in [0.05, 0.1) is 7.11 Å². The van der Waals surface area contributed by atoms with E-state index in [0.29, 0.717) is 5.56 Å². The highest BCUT2D eigenvalue weighted by molar-refractivity contribution is 6.07. The van der Waals surface area contributed by atoms with Gasteiger partial charge in [-0.25, -0.2) is 0 Å². The van der Waals surface area contributed by atoms with E-state index in [1.54, 1.807) is 19.3 Å². The summed E-state index contributed by atoms with van der Waals surface area (Å²) in [5.41, 5.74) is 2.76. The van der Waals surface area contributed by atoms with E-state index < -0.39 is 0 Å². The van der Waals surface area contributed by atoms with Crippen LogP contribution in [0.3, 0.4) is 0 Å². The van der Waals surface area contributed by atoms with E-state index >= 15 is 0 Å². The van der Waals surface area contributed by atoms with E-state index in [1.165, 1.54) is 5.69 Å². The van der Waals surface area contributed by atoms with Crippen LogP contribution in [0.4, 0.5) is 5.69 Å². The zero-order valence-corrected chi connectivity index (χ0v) is 13.9. The highest BCUT2D eigenvalue weighted by Gasteiger charge is 2.11. The molecule has 0 unspecified atom stereocenters. The van der Waals surface area contributed by atoms with Crippen LogP contribution in [0.15, 0.2) is 54.6 Å². The van der Waals surface area contributed by atoms with E-state index in [-0.39, 0.29) is 5.78 Å². The predicted octanol–water partition coefficient (Wildman–Crippen LogP) is 3.00. The van der Waals surface area contributed by atoms with Gasteiger partial charge in [-0.3, -0.25) is 4.79 Å². The van der Waals surface area contributed by atoms with Crippen LogP contribution in [-0.2, 0) is 0 Å². The van der Waals surface area contributed by atoms with Crippen molar-refractivity contribution < 1.29 is 9.53 Å². The molecule has 2 aromatic carbocycles. The number of piperazine rings is 1. The number of ether oxygens (including phenoxy) is 1. The number of hydrogen-bond acceptors (Lipinski definition) is 4. The third kappa shape index (κ3) is 3.84. The van der Waals surface area contributed by atoms with Crippen LogP contribution < -0.4 is 15.0 Å². The average Bonchev–Trinajstić information content (AvgIpc) is 2.67. The summed E-state index contributed by atoms with van der Waals surface area (Å²) in [6.45, 7) is 4.01. The van der Waals surface area contributed by atoms with Crippen molar-refractivity contribution >= 4 is 17.5 Å². The van der Waals surface area contributed by atoms with Gasteiger partial charge in [-0.2, -0.15) is 0 Å². The van der Waals surface area contributed by atoms with Gasteiger partial charge in [-0.1, -0.05) is 18.2 Å². The van der Waals surface area contributed by atoms with Gasteiger partial charge in [0.1, 0.15) is 5.75 Å². The Morgan fingerprint density at radius 1 is 1.08 bits per heavy atom. The lowest BCUT2D eigenvalue weighted by atomic mass is 10.1. The van der Waals surface area contributed by atoms with E-state index in [4.69, 9.17) is 4.74 Å². The van der Waals surface area contributed by atoms with Gasteiger partial charge >= 0.3 is 0 Å². The van der Waals surface area contributed by atoms with Crippen molar-refractivity contribution in [1.29, 1.82) is 0 Å². The molecule has 0 bridgehead atoms. The molecule has 0 radical (unpaired) electrons. The van der Waals surface area contributed by atoms with Gasteiger partial charge in [-0.15, -0.1) is 0 Å². The van der Waals surface area contributed by atoms with Crippen molar-refractivity contribution in [3.63, 3.8) is 0 Å². The van der Waals surface area contributed by atoms with Crippen LogP contribution in [-0.4, -0.2) is 39.1 Å². The molecule has 0 saturated carbocycles. The molecule has 1 heterocycles. The fourth-order valence-corrected chi connectivity index (χ4v) is 2.83. The highest BCUT2D eigenvalue weighted by Crippen LogP contribution is 2.20. The van der Waals surface area contributed by atoms with E-state index in [9.17, 15) is 4.79 Å². The molecule has 4 nitrogen and oxygen atoms in total. The molecule has 1 aliphatic heterocycles. The van der Waals surface area contributed by atoms with Crippen LogP contribution in [0.25, 0.3) is 6.08 Å². The summed E-state index contributed by atoms with van der Waals surface area (Å²) >= 11 is 0. The molecule has 124 valence electrons. The number of hydrogen-bond donors (Lipinski definition) is 1. The Morgan fingerprint density at radius 3 is 2.50 bits per heavy atom. The van der Waals surface area contributed by atoms with Crippen molar-refractivity contribution in [3.05, 3.63) is 65.7 Å². The van der Waals surface area contributed by atoms with Crippen LogP contribution in [0, 0.1) is 0 Å². The smallest absolute Gasteiger partial charge is 0.185 e. The maximum Gasteiger partial charge on any atom is 0.185 e. The first kappa shape index (κ1) is 16.3. The summed E-state index contributed by atoms with van der Waals surface area (Å²) in [6.07, 6.45) is 3.39. The molecule has 1 aliphatic rings. The number of nitrogens with zero attached hydrogens (tertiary/aromatic N) is 1. The van der Waals surface area contributed by atoms with Gasteiger partial charge < -0.3 is 15.0 Å². The summed E-state index contributed by atoms with van der Waals surface area (Å²) in [4.78, 5) is 14.7. The van der Waals surface area contributed by atoms with Crippen LogP contribution in [0.5, 0.6) is 5.75 Å². The Kier molecular flexibility index (Phi) is 5.29. The van der Waals surface area contributed by atoms with Crippen molar-refractivity contribution in [3.8, 4) is 5.75 Å². The molecule has 1 fully saturated rings. The molecular formula is C20H22N2O2. The summed E-state index contributed by atoms with van der Waals surface area (Å²) in [7, 11) is 1.63. The number of carbonyl (C=O) groups excluding carboxylic acids is 1. The average molecular weight is 322 g/mol. The van der Waals surface area contributed by atoms with Crippen LogP contribution >= 0.6 is 0 Å². The molecule has 0 amide bonds. The summed E-state index contributed by atoms with van der Waals surface area (Å²) in [5, 5.41) is 3.34. The molecule has 1 N–H and O–H groups in total. The molecule has 4 heteroatoms. The topological polar surface area (TPSA) is 41.6 Å². The first-order valence-corrected chi connectivity index (χ1v) is 8.19. The predicted molar refractivity (Wildman–Crippen MR) is 97.9 cm³/mol. The number of methoxy groups -OCH3 is 1. The molecule has 1 saturated heterocycles. The third-order valence-corrected chi connectivity index (χ3v) is 4.19. The van der Waals surface area contributed by atoms with Crippen molar-refractivity contribution in [2.75, 3.05) is 38.2 Å². The highest BCUT2D eigenvalue weighted by atomic mass is 16.5. The Morgan fingerprint density at radius 2 is 1.79 bits per heavy atom. The number of para-hydroxylation sites is 1. The van der Waals surface area contributed by atoms with E-state index in [2.05, 4.69) is 10.2 Å². The van der Waals surface area contributed by atoms with Crippen LogP contribution in [0.1, 0.15) is 15.9 Å². The fraction of sp³-hybridized carbons (Fsp3) is 0.250. The van der Waals surface area contributed by atoms with E-state index in [0.717, 1.165) is 37.5 Å². The van der Waals surface area contributed by atoms with Gasteiger partial charge in [-0.05, 0) is 42.5 Å². The summed E-state index contributed by atoms with van der Waals surface area (Å²) in [5.74, 6) is 0.753. The Labute approximate surface area is 142 Å². The van der Waals surface area contributed by atoms with Crippen molar-refractivity contribution in [2.24, 2.45) is 0 Å². The van der Waals surface area contributed by atoms with Crippen molar-refractivity contribution in [1.82, 2.24) is 5.32 Å². The van der Waals surface area contributed by atoms with Gasteiger partial charge in [0.2, 0.25) is 0 Å². The van der Waals surface area contributed by atoms with Crippen molar-refractivity contribution in [2.45, 2.75) is 0 Å². The normalized spacial score (nSPS) is 14.8. The lowest BCUT2D eigenvalue weighted by molar-refractivity contribution is 0.104. The molecule has 2 aromatic rings. The number of anilines is 1. The van der Waals surface area contributed by atoms with Gasteiger partial charge in [0.15, 0.2) is 5.78 Å². The number of carbonyl (C=O) groups is 1. The fourth-order valence-electron chi connectivity index (χ4n) is 2.83. The quantitative estimate of drug-likeness (QED) is 0.679. The van der Waals surface area contributed by atoms with Gasteiger partial charge in [0, 0.05) is 43.0 Å². The lowest BCUT2D eigenvalue weighted by Crippen LogP contribution is -2.43. The number of benzene rings is 2. The number of ketones is 1. The lowest BCUT2D eigenvalue weighted by Gasteiger charge is -2.29. The SMILES string of the molecule is COc1ccccc1/C=C/C(=O)c1ccc(N2CCNCC2)cc1. The maximum atomic E-state index is 12.4. The Bertz CT molecular complexity index is 717. The molecule has 3 rings (SSSR count). The van der Waals surface area contributed by atoms with E-state index in [1.807, 2.05) is 48.5 Å². The molecule has 0 spiro atoms. The van der Waals surface area contributed by atoms with Gasteiger partial charge in [0.25, 0.3) is 0 Å². The number of nitrogens with one attached hydrogen (secondary N) is 1. The van der Waals surface area contributed by atoms with Crippen LogP contribution in [0.2, 0.25) is 0 Å². The molecule has 24 heavy (non-hydrogen) atoms. The minimum Gasteiger partial charge on any atom is -0.496 e. The minimum atomic E-state index is -0.00670. The first-order chi connectivity index (χ1) is 11.8. The Hall–Kier alpha value is -2.59. The second kappa shape index (κ2) is 7.79. The first-order valence-electron chi connectivity index (χ1n) is 8.19. The molecule has 0 aromatic heterocycles. The molecule has 0 atom stereocenters. The second-order valence-electron chi connectivity index (χ2n) is 5.72. The zero-order valence-electron chi connectivity index (χ0n) is 13.9. The molecule has 0 aliphatic carbocycles. The zero-order chi connectivity index (χ0) is 16.8. The summed E-state index contributed by atoms with van der Waals surface area (Å²) in [6, 6.07) is 15.5. The maximum absolute atomic E-state index is 12.4. The largest absolute Gasteiger partial charge is 0.496 e. The number of rotatable bonds is 5. The Balaban J connectivity index is 1.69.